The lowest BCUT2D eigenvalue weighted by atomic mass is 10.0. The van der Waals surface area contributed by atoms with Crippen LogP contribution in [0, 0.1) is 0 Å². The first-order valence-corrected chi connectivity index (χ1v) is 7.87. The second kappa shape index (κ2) is 7.77. The van der Waals surface area contributed by atoms with E-state index in [0.717, 1.165) is 19.1 Å². The number of benzene rings is 1. The van der Waals surface area contributed by atoms with Gasteiger partial charge in [-0.25, -0.2) is 0 Å². The van der Waals surface area contributed by atoms with E-state index < -0.39 is 0 Å². The van der Waals surface area contributed by atoms with Crippen LogP contribution < -0.4 is 5.32 Å². The zero-order chi connectivity index (χ0) is 14.4. The van der Waals surface area contributed by atoms with Crippen molar-refractivity contribution in [2.75, 3.05) is 40.3 Å². The predicted octanol–water partition coefficient (Wildman–Crippen LogP) is 2.36. The third kappa shape index (κ3) is 4.30. The van der Waals surface area contributed by atoms with E-state index in [4.69, 9.17) is 0 Å². The minimum absolute atomic E-state index is 0.436. The van der Waals surface area contributed by atoms with Crippen molar-refractivity contribution in [2.24, 2.45) is 0 Å². The van der Waals surface area contributed by atoms with Gasteiger partial charge in [0.05, 0.1) is 0 Å². The van der Waals surface area contributed by atoms with Crippen LogP contribution in [0.3, 0.4) is 0 Å². The molecule has 1 saturated heterocycles. The van der Waals surface area contributed by atoms with Gasteiger partial charge in [-0.2, -0.15) is 0 Å². The highest BCUT2D eigenvalue weighted by Crippen LogP contribution is 2.19. The van der Waals surface area contributed by atoms with Gasteiger partial charge >= 0.3 is 0 Å². The van der Waals surface area contributed by atoms with Crippen LogP contribution in [0.1, 0.15) is 31.4 Å². The van der Waals surface area contributed by atoms with Gasteiger partial charge in [0.15, 0.2) is 0 Å². The molecule has 0 aromatic heterocycles. The normalized spacial score (nSPS) is 19.4. The van der Waals surface area contributed by atoms with E-state index in [0.29, 0.717) is 6.04 Å². The number of nitrogens with zero attached hydrogens (tertiary/aromatic N) is 2. The van der Waals surface area contributed by atoms with Crippen molar-refractivity contribution in [2.45, 2.75) is 31.8 Å². The molecule has 1 aliphatic heterocycles. The van der Waals surface area contributed by atoms with E-state index in [2.05, 4.69) is 66.5 Å². The lowest BCUT2D eigenvalue weighted by molar-refractivity contribution is 0.134. The number of rotatable bonds is 6. The summed E-state index contributed by atoms with van der Waals surface area (Å²) in [6, 6.07) is 12.0. The topological polar surface area (TPSA) is 18.5 Å². The Bertz CT molecular complexity index is 371. The summed E-state index contributed by atoms with van der Waals surface area (Å²) in [6.45, 7) is 6.75. The first-order valence-electron chi connectivity index (χ1n) is 7.87. The summed E-state index contributed by atoms with van der Waals surface area (Å²) < 4.78 is 0. The Hall–Kier alpha value is -0.900. The molecular weight excluding hydrogens is 246 g/mol. The fourth-order valence-electron chi connectivity index (χ4n) is 3.09. The molecule has 1 fully saturated rings. The van der Waals surface area contributed by atoms with Crippen molar-refractivity contribution >= 4 is 0 Å². The van der Waals surface area contributed by atoms with Crippen molar-refractivity contribution < 1.29 is 0 Å². The van der Waals surface area contributed by atoms with Crippen LogP contribution in [0.4, 0.5) is 0 Å². The van der Waals surface area contributed by atoms with Crippen molar-refractivity contribution in [3.05, 3.63) is 35.9 Å². The highest BCUT2D eigenvalue weighted by Gasteiger charge is 2.22. The minimum atomic E-state index is 0.436. The van der Waals surface area contributed by atoms with Crippen LogP contribution in [0.5, 0.6) is 0 Å². The van der Waals surface area contributed by atoms with E-state index in [1.807, 2.05) is 0 Å². The Balaban J connectivity index is 1.94. The molecule has 20 heavy (non-hydrogen) atoms. The smallest absolute Gasteiger partial charge is 0.0449 e. The molecule has 3 nitrogen and oxygen atoms in total. The first kappa shape index (κ1) is 15.5. The molecule has 0 amide bonds. The van der Waals surface area contributed by atoms with E-state index in [1.165, 1.54) is 31.5 Å². The lowest BCUT2D eigenvalue weighted by Gasteiger charge is -2.37. The van der Waals surface area contributed by atoms with Gasteiger partial charge in [0.1, 0.15) is 0 Å². The van der Waals surface area contributed by atoms with Gasteiger partial charge in [-0.15, -0.1) is 0 Å². The molecule has 1 N–H and O–H groups in total. The standard InChI is InChI=1S/C17H29N3/c1-4-18-17(15-8-6-5-7-9-15)14-20(3)16-10-12-19(2)13-11-16/h5-9,16-18H,4,10-14H2,1-3H3. The molecule has 1 atom stereocenters. The Labute approximate surface area is 124 Å². The number of likely N-dealkylation sites (tertiary alicyclic amines) is 1. The van der Waals surface area contributed by atoms with E-state index >= 15 is 0 Å². The van der Waals surface area contributed by atoms with Gasteiger partial charge in [-0.1, -0.05) is 37.3 Å². The molecule has 1 aliphatic rings. The van der Waals surface area contributed by atoms with Crippen LogP contribution in [-0.2, 0) is 0 Å². The van der Waals surface area contributed by atoms with Crippen molar-refractivity contribution in [3.63, 3.8) is 0 Å². The Morgan fingerprint density at radius 2 is 1.90 bits per heavy atom. The molecule has 3 heteroatoms. The van der Waals surface area contributed by atoms with Crippen LogP contribution in [0.15, 0.2) is 30.3 Å². The molecule has 0 spiro atoms. The van der Waals surface area contributed by atoms with Crippen molar-refractivity contribution in [3.8, 4) is 0 Å². The maximum Gasteiger partial charge on any atom is 0.0449 e. The van der Waals surface area contributed by atoms with E-state index in [9.17, 15) is 0 Å². The predicted molar refractivity (Wildman–Crippen MR) is 86.0 cm³/mol. The second-order valence-electron chi connectivity index (χ2n) is 5.99. The molecule has 1 unspecified atom stereocenters. The molecule has 1 aromatic carbocycles. The maximum atomic E-state index is 3.63. The number of hydrogen-bond donors (Lipinski definition) is 1. The third-order valence-electron chi connectivity index (χ3n) is 4.43. The Morgan fingerprint density at radius 3 is 2.50 bits per heavy atom. The highest BCUT2D eigenvalue weighted by atomic mass is 15.2. The fourth-order valence-corrected chi connectivity index (χ4v) is 3.09. The molecule has 0 aliphatic carbocycles. The monoisotopic (exact) mass is 275 g/mol. The maximum absolute atomic E-state index is 3.63. The molecule has 2 rings (SSSR count). The summed E-state index contributed by atoms with van der Waals surface area (Å²) in [5, 5.41) is 3.63. The second-order valence-corrected chi connectivity index (χ2v) is 5.99. The van der Waals surface area contributed by atoms with Gasteiger partial charge in [0.25, 0.3) is 0 Å². The van der Waals surface area contributed by atoms with Gasteiger partial charge in [-0.05, 0) is 52.1 Å². The van der Waals surface area contributed by atoms with Gasteiger partial charge in [0, 0.05) is 18.6 Å². The minimum Gasteiger partial charge on any atom is -0.309 e. The summed E-state index contributed by atoms with van der Waals surface area (Å²) in [5.74, 6) is 0. The number of nitrogens with one attached hydrogen (secondary N) is 1. The van der Waals surface area contributed by atoms with Gasteiger partial charge in [-0.3, -0.25) is 0 Å². The van der Waals surface area contributed by atoms with Gasteiger partial charge in [0.2, 0.25) is 0 Å². The van der Waals surface area contributed by atoms with Crippen LogP contribution in [0.25, 0.3) is 0 Å². The quantitative estimate of drug-likeness (QED) is 0.860. The molecule has 1 aromatic rings. The zero-order valence-electron chi connectivity index (χ0n) is 13.2. The largest absolute Gasteiger partial charge is 0.309 e. The molecule has 1 heterocycles. The Morgan fingerprint density at radius 1 is 1.25 bits per heavy atom. The number of piperidine rings is 1. The third-order valence-corrected chi connectivity index (χ3v) is 4.43. The van der Waals surface area contributed by atoms with Crippen LogP contribution in [0.2, 0.25) is 0 Å². The van der Waals surface area contributed by atoms with E-state index in [1.54, 1.807) is 0 Å². The lowest BCUT2D eigenvalue weighted by Crippen LogP contribution is -2.44. The fraction of sp³-hybridized carbons (Fsp3) is 0.647. The first-order chi connectivity index (χ1) is 9.70. The van der Waals surface area contributed by atoms with Crippen molar-refractivity contribution in [1.82, 2.24) is 15.1 Å². The number of likely N-dealkylation sites (N-methyl/N-ethyl adjacent to an activating group) is 2. The Kier molecular flexibility index (Phi) is 6.02. The molecular formula is C17H29N3. The van der Waals surface area contributed by atoms with E-state index in [-0.39, 0.29) is 0 Å². The molecule has 0 radical (unpaired) electrons. The van der Waals surface area contributed by atoms with Crippen LogP contribution >= 0.6 is 0 Å². The summed E-state index contributed by atoms with van der Waals surface area (Å²) >= 11 is 0. The average molecular weight is 275 g/mol. The van der Waals surface area contributed by atoms with Crippen molar-refractivity contribution in [1.29, 1.82) is 0 Å². The summed E-state index contributed by atoms with van der Waals surface area (Å²) in [5.41, 5.74) is 1.40. The molecule has 0 saturated carbocycles. The van der Waals surface area contributed by atoms with Crippen LogP contribution in [-0.4, -0.2) is 56.1 Å². The SMILES string of the molecule is CCNC(CN(C)C1CCN(C)CC1)c1ccccc1. The molecule has 0 bridgehead atoms. The molecule has 112 valence electrons. The summed E-state index contributed by atoms with van der Waals surface area (Å²) in [7, 11) is 4.50. The zero-order valence-corrected chi connectivity index (χ0v) is 13.2. The van der Waals surface area contributed by atoms with Gasteiger partial charge < -0.3 is 15.1 Å². The summed E-state index contributed by atoms with van der Waals surface area (Å²) in [6.07, 6.45) is 2.58. The summed E-state index contributed by atoms with van der Waals surface area (Å²) in [4.78, 5) is 4.98. The average Bonchev–Trinajstić information content (AvgIpc) is 2.48. The highest BCUT2D eigenvalue weighted by molar-refractivity contribution is 5.19. The number of hydrogen-bond acceptors (Lipinski definition) is 3.